The zero-order chi connectivity index (χ0) is 14.9. The van der Waals surface area contributed by atoms with Crippen LogP contribution in [0.25, 0.3) is 0 Å². The molecule has 0 aromatic heterocycles. The second-order valence-electron chi connectivity index (χ2n) is 5.00. The molecule has 20 heavy (non-hydrogen) atoms. The van der Waals surface area contributed by atoms with Crippen LogP contribution < -0.4 is 4.90 Å². The minimum absolute atomic E-state index is 0.0776. The first kappa shape index (κ1) is 14.3. The van der Waals surface area contributed by atoms with Crippen molar-refractivity contribution < 1.29 is 19.9 Å². The Bertz CT molecular complexity index is 544. The number of nitro groups is 1. The van der Waals surface area contributed by atoms with Crippen LogP contribution in [0.15, 0.2) is 18.2 Å². The van der Waals surface area contributed by atoms with E-state index in [9.17, 15) is 20.0 Å². The molecule has 1 heterocycles. The van der Waals surface area contributed by atoms with Crippen LogP contribution in [0.4, 0.5) is 11.4 Å². The third kappa shape index (κ3) is 2.72. The average Bonchev–Trinajstić information content (AvgIpc) is 2.87. The topological polar surface area (TPSA) is 104 Å². The van der Waals surface area contributed by atoms with E-state index in [2.05, 4.69) is 0 Å². The van der Waals surface area contributed by atoms with Gasteiger partial charge in [-0.3, -0.25) is 10.1 Å². The molecule has 2 unspecified atom stereocenters. The Morgan fingerprint density at radius 3 is 2.75 bits per heavy atom. The van der Waals surface area contributed by atoms with E-state index in [0.717, 1.165) is 12.5 Å². The minimum atomic E-state index is -1.19. The number of aliphatic hydroxyl groups is 1. The summed E-state index contributed by atoms with van der Waals surface area (Å²) in [6.45, 7) is 2.85. The fourth-order valence-electron chi connectivity index (χ4n) is 2.47. The van der Waals surface area contributed by atoms with Gasteiger partial charge in [0.25, 0.3) is 5.69 Å². The quantitative estimate of drug-likeness (QED) is 0.639. The van der Waals surface area contributed by atoms with Gasteiger partial charge in [-0.15, -0.1) is 0 Å². The maximum absolute atomic E-state index is 11.1. The van der Waals surface area contributed by atoms with Crippen molar-refractivity contribution in [3.63, 3.8) is 0 Å². The van der Waals surface area contributed by atoms with E-state index in [1.54, 1.807) is 6.92 Å². The van der Waals surface area contributed by atoms with Crippen LogP contribution in [-0.2, 0) is 0 Å². The fraction of sp³-hybridized carbons (Fsp3) is 0.462. The molecule has 2 N–H and O–H groups in total. The summed E-state index contributed by atoms with van der Waals surface area (Å²) in [7, 11) is 0. The molecule has 2 rings (SSSR count). The van der Waals surface area contributed by atoms with E-state index in [-0.39, 0.29) is 17.2 Å². The molecule has 108 valence electrons. The minimum Gasteiger partial charge on any atom is -0.478 e. The summed E-state index contributed by atoms with van der Waals surface area (Å²) in [6, 6.07) is 3.90. The lowest BCUT2D eigenvalue weighted by Crippen LogP contribution is -2.24. The zero-order valence-electron chi connectivity index (χ0n) is 11.0. The molecule has 1 saturated heterocycles. The number of aliphatic hydroxyl groups excluding tert-OH is 1. The molecule has 2 atom stereocenters. The monoisotopic (exact) mass is 280 g/mol. The number of hydrogen-bond donors (Lipinski definition) is 2. The molecule has 1 aromatic carbocycles. The van der Waals surface area contributed by atoms with Gasteiger partial charge >= 0.3 is 5.97 Å². The third-order valence-electron chi connectivity index (χ3n) is 3.67. The Morgan fingerprint density at radius 2 is 2.25 bits per heavy atom. The number of rotatable bonds is 4. The highest BCUT2D eigenvalue weighted by Crippen LogP contribution is 2.33. The maximum Gasteiger partial charge on any atom is 0.335 e. The van der Waals surface area contributed by atoms with Crippen LogP contribution in [0.5, 0.6) is 0 Å². The molecule has 0 aliphatic carbocycles. The van der Waals surface area contributed by atoms with Crippen molar-refractivity contribution in [1.82, 2.24) is 0 Å². The summed E-state index contributed by atoms with van der Waals surface area (Å²) >= 11 is 0. The molecule has 7 nitrogen and oxygen atoms in total. The summed E-state index contributed by atoms with van der Waals surface area (Å²) < 4.78 is 0. The van der Waals surface area contributed by atoms with Crippen molar-refractivity contribution in [3.8, 4) is 0 Å². The first-order chi connectivity index (χ1) is 9.40. The van der Waals surface area contributed by atoms with Crippen molar-refractivity contribution in [3.05, 3.63) is 33.9 Å². The predicted molar refractivity (Wildman–Crippen MR) is 72.1 cm³/mol. The number of benzene rings is 1. The lowest BCUT2D eigenvalue weighted by molar-refractivity contribution is -0.384. The van der Waals surface area contributed by atoms with Gasteiger partial charge in [-0.2, -0.15) is 0 Å². The number of carboxylic acids is 1. The van der Waals surface area contributed by atoms with Gasteiger partial charge in [0.15, 0.2) is 0 Å². The molecule has 0 bridgehead atoms. The van der Waals surface area contributed by atoms with Gasteiger partial charge in [-0.05, 0) is 25.5 Å². The average molecular weight is 280 g/mol. The first-order valence-corrected chi connectivity index (χ1v) is 6.35. The van der Waals surface area contributed by atoms with Crippen LogP contribution in [0.2, 0.25) is 0 Å². The van der Waals surface area contributed by atoms with Gasteiger partial charge in [0, 0.05) is 25.1 Å². The number of carbonyl (C=O) groups is 1. The first-order valence-electron chi connectivity index (χ1n) is 6.35. The van der Waals surface area contributed by atoms with Gasteiger partial charge in [0.1, 0.15) is 5.69 Å². The third-order valence-corrected chi connectivity index (χ3v) is 3.67. The molecule has 0 radical (unpaired) electrons. The number of anilines is 1. The van der Waals surface area contributed by atoms with Crippen LogP contribution in [0.3, 0.4) is 0 Å². The van der Waals surface area contributed by atoms with Crippen LogP contribution in [0, 0.1) is 16.0 Å². The van der Waals surface area contributed by atoms with Crippen molar-refractivity contribution in [2.24, 2.45) is 5.92 Å². The number of carboxylic acid groups (broad SMARTS) is 1. The van der Waals surface area contributed by atoms with Gasteiger partial charge in [0.2, 0.25) is 0 Å². The lowest BCUT2D eigenvalue weighted by Gasteiger charge is -2.19. The molecule has 0 amide bonds. The molecule has 7 heteroatoms. The maximum atomic E-state index is 11.1. The van der Waals surface area contributed by atoms with Crippen molar-refractivity contribution in [1.29, 1.82) is 0 Å². The van der Waals surface area contributed by atoms with Crippen molar-refractivity contribution in [2.45, 2.75) is 19.4 Å². The highest BCUT2D eigenvalue weighted by atomic mass is 16.6. The standard InChI is InChI=1S/C13H16N2O5/c1-8(16)10-4-5-14(7-10)11-3-2-9(13(17)18)6-12(11)15(19)20/h2-3,6,8,10,16H,4-5,7H2,1H3,(H,17,18). The Balaban J connectivity index is 2.32. The normalized spacial score (nSPS) is 19.9. The molecule has 1 fully saturated rings. The smallest absolute Gasteiger partial charge is 0.335 e. The predicted octanol–water partition coefficient (Wildman–Crippen LogP) is 1.50. The highest BCUT2D eigenvalue weighted by molar-refractivity contribution is 5.89. The molecular formula is C13H16N2O5. The van der Waals surface area contributed by atoms with E-state index >= 15 is 0 Å². The van der Waals surface area contributed by atoms with E-state index in [1.807, 2.05) is 4.90 Å². The molecule has 0 saturated carbocycles. The summed E-state index contributed by atoms with van der Waals surface area (Å²) in [4.78, 5) is 23.2. The Morgan fingerprint density at radius 1 is 1.55 bits per heavy atom. The molecule has 1 aliphatic rings. The number of nitrogens with zero attached hydrogens (tertiary/aromatic N) is 2. The van der Waals surface area contributed by atoms with Gasteiger partial charge in [-0.1, -0.05) is 0 Å². The zero-order valence-corrected chi connectivity index (χ0v) is 11.0. The van der Waals surface area contributed by atoms with Crippen LogP contribution >= 0.6 is 0 Å². The SMILES string of the molecule is CC(O)C1CCN(c2ccc(C(=O)O)cc2[N+](=O)[O-])C1. The van der Waals surface area contributed by atoms with Crippen molar-refractivity contribution in [2.75, 3.05) is 18.0 Å². The van der Waals surface area contributed by atoms with Crippen LogP contribution in [-0.4, -0.2) is 40.3 Å². The number of hydrogen-bond acceptors (Lipinski definition) is 5. The summed E-state index contributed by atoms with van der Waals surface area (Å²) in [5, 5.41) is 29.6. The second kappa shape index (κ2) is 5.46. The summed E-state index contributed by atoms with van der Waals surface area (Å²) in [6.07, 6.45) is 0.299. The summed E-state index contributed by atoms with van der Waals surface area (Å²) in [5.41, 5.74) is 0.0889. The number of aromatic carboxylic acids is 1. The lowest BCUT2D eigenvalue weighted by atomic mass is 10.0. The van der Waals surface area contributed by atoms with Gasteiger partial charge in [0.05, 0.1) is 16.6 Å². The van der Waals surface area contributed by atoms with E-state index in [1.165, 1.54) is 12.1 Å². The Hall–Kier alpha value is -2.15. The van der Waals surface area contributed by atoms with E-state index in [4.69, 9.17) is 5.11 Å². The van der Waals surface area contributed by atoms with Gasteiger partial charge in [-0.25, -0.2) is 4.79 Å². The van der Waals surface area contributed by atoms with Crippen molar-refractivity contribution >= 4 is 17.3 Å². The largest absolute Gasteiger partial charge is 0.478 e. The number of nitro benzene ring substituents is 1. The van der Waals surface area contributed by atoms with Crippen LogP contribution in [0.1, 0.15) is 23.7 Å². The molecule has 1 aliphatic heterocycles. The van der Waals surface area contributed by atoms with Gasteiger partial charge < -0.3 is 15.1 Å². The molecule has 0 spiro atoms. The summed E-state index contributed by atoms with van der Waals surface area (Å²) in [5.74, 6) is -1.11. The Kier molecular flexibility index (Phi) is 3.89. The van der Waals surface area contributed by atoms with E-state index in [0.29, 0.717) is 18.8 Å². The second-order valence-corrected chi connectivity index (χ2v) is 5.00. The molecule has 1 aromatic rings. The fourth-order valence-corrected chi connectivity index (χ4v) is 2.47. The molecular weight excluding hydrogens is 264 g/mol. The van der Waals surface area contributed by atoms with E-state index < -0.39 is 17.0 Å². The highest BCUT2D eigenvalue weighted by Gasteiger charge is 2.30. The Labute approximate surface area is 115 Å².